The number of nitrogens with zero attached hydrogens (tertiary/aromatic N) is 3. The lowest BCUT2D eigenvalue weighted by Crippen LogP contribution is -2.47. The predicted molar refractivity (Wildman–Crippen MR) is 85.2 cm³/mol. The highest BCUT2D eigenvalue weighted by molar-refractivity contribution is 5.95. The number of hydrogen-bond donors (Lipinski definition) is 1. The van der Waals surface area contributed by atoms with Crippen LogP contribution in [0.1, 0.15) is 44.1 Å². The fourth-order valence-electron chi connectivity index (χ4n) is 2.44. The molecule has 0 spiro atoms. The minimum atomic E-state index is -0.492. The summed E-state index contributed by atoms with van der Waals surface area (Å²) in [5.74, 6) is -0.0309. The topological polar surface area (TPSA) is 84.4 Å². The van der Waals surface area contributed by atoms with Crippen LogP contribution in [-0.2, 0) is 4.74 Å². The quantitative estimate of drug-likeness (QED) is 0.849. The zero-order valence-corrected chi connectivity index (χ0v) is 13.9. The Hall–Kier alpha value is -2.02. The number of amides is 1. The Morgan fingerprint density at radius 1 is 1.30 bits per heavy atom. The minimum Gasteiger partial charge on any atom is -0.444 e. The Kier molecular flexibility index (Phi) is 5.65. The number of Topliss-reactive ketones (excluding diaryl/α,β-unsaturated/α-hetero) is 1. The maximum atomic E-state index is 12.1. The Balaban J connectivity index is 1.74. The second kappa shape index (κ2) is 7.50. The first-order valence-electron chi connectivity index (χ1n) is 7.84. The summed E-state index contributed by atoms with van der Waals surface area (Å²) in [6.07, 6.45) is 5.76. The van der Waals surface area contributed by atoms with Crippen molar-refractivity contribution in [1.29, 1.82) is 0 Å². The fourth-order valence-corrected chi connectivity index (χ4v) is 2.44. The van der Waals surface area contributed by atoms with Crippen molar-refractivity contribution in [3.8, 4) is 0 Å². The molecule has 1 aromatic heterocycles. The molecule has 2 rings (SSSR count). The number of hydrogen-bond acceptors (Lipinski definition) is 6. The number of rotatable bonds is 4. The van der Waals surface area contributed by atoms with E-state index >= 15 is 0 Å². The van der Waals surface area contributed by atoms with E-state index in [-0.39, 0.29) is 17.9 Å². The van der Waals surface area contributed by atoms with Crippen molar-refractivity contribution in [2.24, 2.45) is 0 Å². The molecular weight excluding hydrogens is 296 g/mol. The number of carbonyl (C=O) groups excluding carboxylic acids is 2. The van der Waals surface area contributed by atoms with E-state index in [0.29, 0.717) is 12.2 Å². The molecule has 0 unspecified atom stereocenters. The molecular formula is C16H24N4O3. The first-order valence-corrected chi connectivity index (χ1v) is 7.84. The van der Waals surface area contributed by atoms with Gasteiger partial charge in [-0.3, -0.25) is 14.7 Å². The molecule has 0 atom stereocenters. The van der Waals surface area contributed by atoms with Crippen molar-refractivity contribution in [2.45, 2.75) is 45.3 Å². The third-order valence-electron chi connectivity index (χ3n) is 3.52. The van der Waals surface area contributed by atoms with E-state index in [1.807, 2.05) is 20.8 Å². The summed E-state index contributed by atoms with van der Waals surface area (Å²) in [5.41, 5.74) is -0.102. The summed E-state index contributed by atoms with van der Waals surface area (Å²) in [6.45, 7) is 7.37. The molecule has 0 aromatic carbocycles. The number of likely N-dealkylation sites (tertiary alicyclic amines) is 1. The van der Waals surface area contributed by atoms with Gasteiger partial charge in [0.25, 0.3) is 0 Å². The second-order valence-electron chi connectivity index (χ2n) is 6.71. The van der Waals surface area contributed by atoms with Crippen LogP contribution < -0.4 is 5.32 Å². The molecule has 1 aliphatic rings. The molecule has 7 heteroatoms. The lowest BCUT2D eigenvalue weighted by Gasteiger charge is -2.32. The van der Waals surface area contributed by atoms with Gasteiger partial charge in [-0.1, -0.05) is 0 Å². The molecule has 23 heavy (non-hydrogen) atoms. The van der Waals surface area contributed by atoms with Crippen molar-refractivity contribution in [1.82, 2.24) is 20.2 Å². The first kappa shape index (κ1) is 17.3. The maximum Gasteiger partial charge on any atom is 0.407 e. The summed E-state index contributed by atoms with van der Waals surface area (Å²) in [6, 6.07) is 0.0905. The molecule has 0 aliphatic carbocycles. The van der Waals surface area contributed by atoms with Gasteiger partial charge in [0.2, 0.25) is 0 Å². The predicted octanol–water partition coefficient (Wildman–Crippen LogP) is 1.65. The molecule has 1 aliphatic heterocycles. The highest BCUT2D eigenvalue weighted by Crippen LogP contribution is 2.13. The number of ketones is 1. The highest BCUT2D eigenvalue weighted by Gasteiger charge is 2.24. The molecule has 1 N–H and O–H groups in total. The summed E-state index contributed by atoms with van der Waals surface area (Å²) in [5, 5.41) is 2.89. The number of nitrogens with one attached hydrogen (secondary N) is 1. The lowest BCUT2D eigenvalue weighted by atomic mass is 10.0. The number of aromatic nitrogens is 2. The van der Waals surface area contributed by atoms with Crippen molar-refractivity contribution >= 4 is 11.9 Å². The highest BCUT2D eigenvalue weighted by atomic mass is 16.6. The van der Waals surface area contributed by atoms with Crippen LogP contribution in [0.3, 0.4) is 0 Å². The standard InChI is InChI=1S/C16H24N4O3/c1-16(2,3)23-15(22)19-12-4-8-20(9-5-12)11-14(21)13-10-17-6-7-18-13/h6-7,10,12H,4-5,8-9,11H2,1-3H3,(H,19,22). The van der Waals surface area contributed by atoms with Crippen LogP contribution in [0, 0.1) is 0 Å². The average Bonchev–Trinajstić information content (AvgIpc) is 2.48. The Bertz CT molecular complexity index is 534. The minimum absolute atomic E-state index is 0.0309. The zero-order valence-electron chi connectivity index (χ0n) is 13.9. The lowest BCUT2D eigenvalue weighted by molar-refractivity contribution is 0.0476. The van der Waals surface area contributed by atoms with Crippen LogP contribution in [0.15, 0.2) is 18.6 Å². The number of ether oxygens (including phenoxy) is 1. The van der Waals surface area contributed by atoms with Gasteiger partial charge < -0.3 is 10.1 Å². The maximum absolute atomic E-state index is 12.1. The summed E-state index contributed by atoms with van der Waals surface area (Å²) in [7, 11) is 0. The van der Waals surface area contributed by atoms with Crippen molar-refractivity contribution in [3.05, 3.63) is 24.3 Å². The van der Waals surface area contributed by atoms with Crippen molar-refractivity contribution in [2.75, 3.05) is 19.6 Å². The second-order valence-corrected chi connectivity index (χ2v) is 6.71. The Labute approximate surface area is 136 Å². The number of piperidine rings is 1. The Morgan fingerprint density at radius 3 is 2.57 bits per heavy atom. The van der Waals surface area contributed by atoms with Gasteiger partial charge in [-0.2, -0.15) is 0 Å². The largest absolute Gasteiger partial charge is 0.444 e. The van der Waals surface area contributed by atoms with E-state index in [1.54, 1.807) is 6.20 Å². The van der Waals surface area contributed by atoms with Crippen LogP contribution in [0.2, 0.25) is 0 Å². The summed E-state index contributed by atoms with van der Waals surface area (Å²) < 4.78 is 5.26. The Morgan fingerprint density at radius 2 is 2.00 bits per heavy atom. The van der Waals surface area contributed by atoms with Gasteiger partial charge in [-0.25, -0.2) is 9.78 Å². The number of alkyl carbamates (subject to hydrolysis) is 1. The molecule has 2 heterocycles. The first-order chi connectivity index (χ1) is 10.8. The zero-order chi connectivity index (χ0) is 16.9. The van der Waals surface area contributed by atoms with E-state index in [4.69, 9.17) is 4.74 Å². The third kappa shape index (κ3) is 5.94. The van der Waals surface area contributed by atoms with Crippen LogP contribution in [0.25, 0.3) is 0 Å². The molecule has 7 nitrogen and oxygen atoms in total. The third-order valence-corrected chi connectivity index (χ3v) is 3.52. The SMILES string of the molecule is CC(C)(C)OC(=O)NC1CCN(CC(=O)c2cnccn2)CC1. The van der Waals surface area contributed by atoms with Gasteiger partial charge in [0.05, 0.1) is 12.7 Å². The van der Waals surface area contributed by atoms with E-state index in [1.165, 1.54) is 12.4 Å². The number of carbonyl (C=O) groups is 2. The van der Waals surface area contributed by atoms with Crippen molar-refractivity contribution < 1.29 is 14.3 Å². The normalized spacial score (nSPS) is 16.8. The molecule has 1 saturated heterocycles. The van der Waals surface area contributed by atoms with Crippen LogP contribution in [-0.4, -0.2) is 58.0 Å². The smallest absolute Gasteiger partial charge is 0.407 e. The van der Waals surface area contributed by atoms with Gasteiger partial charge in [0, 0.05) is 31.5 Å². The summed E-state index contributed by atoms with van der Waals surface area (Å²) >= 11 is 0. The van der Waals surface area contributed by atoms with E-state index in [0.717, 1.165) is 25.9 Å². The van der Waals surface area contributed by atoms with E-state index in [2.05, 4.69) is 20.2 Å². The molecule has 1 amide bonds. The van der Waals surface area contributed by atoms with Crippen LogP contribution in [0.4, 0.5) is 4.79 Å². The van der Waals surface area contributed by atoms with Crippen LogP contribution >= 0.6 is 0 Å². The molecule has 0 saturated carbocycles. The summed E-state index contributed by atoms with van der Waals surface area (Å²) in [4.78, 5) is 33.9. The molecule has 126 valence electrons. The monoisotopic (exact) mass is 320 g/mol. The van der Waals surface area contributed by atoms with Gasteiger partial charge in [0.1, 0.15) is 11.3 Å². The molecule has 1 aromatic rings. The van der Waals surface area contributed by atoms with Gasteiger partial charge >= 0.3 is 6.09 Å². The van der Waals surface area contributed by atoms with Gasteiger partial charge in [0.15, 0.2) is 5.78 Å². The van der Waals surface area contributed by atoms with Gasteiger partial charge in [-0.05, 0) is 33.6 Å². The van der Waals surface area contributed by atoms with E-state index < -0.39 is 5.60 Å². The van der Waals surface area contributed by atoms with Crippen LogP contribution in [0.5, 0.6) is 0 Å². The molecule has 0 radical (unpaired) electrons. The van der Waals surface area contributed by atoms with E-state index in [9.17, 15) is 9.59 Å². The molecule has 1 fully saturated rings. The average molecular weight is 320 g/mol. The van der Waals surface area contributed by atoms with Gasteiger partial charge in [-0.15, -0.1) is 0 Å². The van der Waals surface area contributed by atoms with Crippen molar-refractivity contribution in [3.63, 3.8) is 0 Å². The molecule has 0 bridgehead atoms. The fraction of sp³-hybridized carbons (Fsp3) is 0.625.